The molecule has 0 aliphatic carbocycles. The first-order valence-corrected chi connectivity index (χ1v) is 21.5. The van der Waals surface area contributed by atoms with E-state index in [4.69, 9.17) is 99.7 Å². The minimum atomic E-state index is -3.45. The first kappa shape index (κ1) is 19.5. The van der Waals surface area contributed by atoms with Gasteiger partial charge in [-0.15, -0.1) is 99.7 Å². The molecule has 0 heterocycles. The Bertz CT molecular complexity index is 201. The molecule has 0 aromatic heterocycles. The summed E-state index contributed by atoms with van der Waals surface area (Å²) in [5.74, 6) is 0. The Morgan fingerprint density at radius 1 is 0.750 bits per heavy atom. The molecule has 16 heavy (non-hydrogen) atoms. The van der Waals surface area contributed by atoms with Crippen LogP contribution in [0.25, 0.3) is 0 Å². The predicted molar refractivity (Wildman–Crippen MR) is 91.8 cm³/mol. The van der Waals surface area contributed by atoms with Crippen molar-refractivity contribution >= 4 is 127 Å². The molecule has 0 rings (SSSR count). The molecule has 0 fully saturated rings. The molecular formula is C3H7Cl9Si4. The maximum Gasteiger partial charge on any atom is 0.348 e. The molecule has 0 aromatic rings. The third-order valence-corrected chi connectivity index (χ3v) is 32.5. The van der Waals surface area contributed by atoms with E-state index >= 15 is 0 Å². The van der Waals surface area contributed by atoms with Crippen molar-refractivity contribution in [1.82, 2.24) is 0 Å². The largest absolute Gasteiger partial charge is 0.348 e. The normalized spacial score (nSPS) is 16.1. The van der Waals surface area contributed by atoms with E-state index in [1.165, 1.54) is 0 Å². The zero-order valence-corrected chi connectivity index (χ0v) is 19.0. The molecule has 0 atom stereocenters. The van der Waals surface area contributed by atoms with Crippen LogP contribution in [-0.4, -0.2) is 27.5 Å². The van der Waals surface area contributed by atoms with E-state index in [-0.39, 0.29) is 0 Å². The van der Waals surface area contributed by atoms with Crippen molar-refractivity contribution in [2.75, 3.05) is 0 Å². The highest BCUT2D eigenvalue weighted by molar-refractivity contribution is 7.87. The lowest BCUT2D eigenvalue weighted by atomic mass is 10.9. The van der Waals surface area contributed by atoms with Crippen LogP contribution in [0.1, 0.15) is 0 Å². The minimum absolute atomic E-state index is 0.446. The second-order valence-electron chi connectivity index (χ2n) is 3.15. The summed E-state index contributed by atoms with van der Waals surface area (Å²) in [4.78, 5) is 0. The topological polar surface area (TPSA) is 0 Å². The number of hydrogen-bond donors (Lipinski definition) is 0. The molecular weight excluding hydrogens is 467 g/mol. The van der Waals surface area contributed by atoms with Crippen molar-refractivity contribution in [3.05, 3.63) is 0 Å². The Balaban J connectivity index is 5.82. The molecule has 0 radical (unpaired) electrons. The van der Waals surface area contributed by atoms with Gasteiger partial charge in [-0.2, -0.15) is 0 Å². The van der Waals surface area contributed by atoms with Crippen molar-refractivity contribution in [3.63, 3.8) is 0 Å². The van der Waals surface area contributed by atoms with Crippen molar-refractivity contribution < 1.29 is 0 Å². The summed E-state index contributed by atoms with van der Waals surface area (Å²) < 4.78 is -1.27. The van der Waals surface area contributed by atoms with Gasteiger partial charge in [-0.3, -0.25) is 0 Å². The van der Waals surface area contributed by atoms with Gasteiger partial charge in [0.2, 0.25) is 0 Å². The van der Waals surface area contributed by atoms with Gasteiger partial charge in [-0.25, -0.2) is 0 Å². The van der Waals surface area contributed by atoms with Crippen LogP contribution in [0.3, 0.4) is 0 Å². The van der Waals surface area contributed by atoms with Gasteiger partial charge in [0.1, 0.15) is 0 Å². The molecule has 0 aliphatic heterocycles. The average Bonchev–Trinajstić information content (AvgIpc) is 1.91. The fourth-order valence-electron chi connectivity index (χ4n) is 1.28. The summed E-state index contributed by atoms with van der Waals surface area (Å²) in [6.07, 6.45) is 0. The molecule has 0 N–H and O–H groups in total. The van der Waals surface area contributed by atoms with Crippen LogP contribution in [0, 0.1) is 0 Å². The Hall–Kier alpha value is 3.48. The summed E-state index contributed by atoms with van der Waals surface area (Å²) in [6.45, 7) is 2.00. The van der Waals surface area contributed by atoms with Gasteiger partial charge in [0.05, 0.1) is 4.28 Å². The SMILES string of the molecule is C[SiH2]CC([Si](Cl)(Cl)Cl)([Si](Cl)(Cl)Cl)[Si](Cl)(Cl)Cl. The lowest BCUT2D eigenvalue weighted by Crippen LogP contribution is -2.58. The highest BCUT2D eigenvalue weighted by Crippen LogP contribution is 2.67. The van der Waals surface area contributed by atoms with Gasteiger partial charge in [0, 0.05) is 9.52 Å². The average molecular weight is 475 g/mol. The molecule has 0 aromatic carbocycles. The lowest BCUT2D eigenvalue weighted by Gasteiger charge is -2.45. The van der Waals surface area contributed by atoms with Crippen LogP contribution < -0.4 is 0 Å². The van der Waals surface area contributed by atoms with Gasteiger partial charge in [0.25, 0.3) is 0 Å². The maximum atomic E-state index is 6.06. The number of halogens is 9. The van der Waals surface area contributed by atoms with Gasteiger partial charge in [-0.05, 0) is 0 Å². The highest BCUT2D eigenvalue weighted by atomic mass is 35.9. The predicted octanol–water partition coefficient (Wildman–Crippen LogP) is 5.41. The van der Waals surface area contributed by atoms with E-state index in [0.717, 1.165) is 0 Å². The van der Waals surface area contributed by atoms with Crippen molar-refractivity contribution in [2.45, 2.75) is 16.9 Å². The summed E-state index contributed by atoms with van der Waals surface area (Å²) in [6, 6.07) is -9.89. The van der Waals surface area contributed by atoms with Crippen molar-refractivity contribution in [2.24, 2.45) is 0 Å². The molecule has 0 aliphatic rings. The van der Waals surface area contributed by atoms with Gasteiger partial charge in [-0.1, -0.05) is 12.6 Å². The van der Waals surface area contributed by atoms with Crippen LogP contribution >= 0.6 is 99.7 Å². The molecule has 0 nitrogen and oxygen atoms in total. The van der Waals surface area contributed by atoms with Crippen LogP contribution in [0.15, 0.2) is 0 Å². The standard InChI is InChI=1S/C3H7Cl9Si4/c1-13-2-3(14(4,5)6,15(7,8)9)16(10,11)12/h2,13H2,1H3. The van der Waals surface area contributed by atoms with E-state index < -0.39 is 31.8 Å². The second-order valence-corrected chi connectivity index (χ2v) is 32.2. The first-order chi connectivity index (χ1) is 6.81. The fourth-order valence-corrected chi connectivity index (χ4v) is 53.9. The van der Waals surface area contributed by atoms with E-state index in [1.54, 1.807) is 0 Å². The van der Waals surface area contributed by atoms with E-state index in [1.807, 2.05) is 6.55 Å². The Morgan fingerprint density at radius 3 is 1.06 bits per heavy atom. The van der Waals surface area contributed by atoms with E-state index in [9.17, 15) is 0 Å². The molecule has 13 heteroatoms. The van der Waals surface area contributed by atoms with Gasteiger partial charge >= 0.3 is 18.0 Å². The summed E-state index contributed by atoms with van der Waals surface area (Å²) >= 11 is 54.5. The minimum Gasteiger partial charge on any atom is -0.126 e. The monoisotopic (exact) mass is 470 g/mol. The summed E-state index contributed by atoms with van der Waals surface area (Å²) in [5, 5.41) is 0. The van der Waals surface area contributed by atoms with Gasteiger partial charge in [0.15, 0.2) is 0 Å². The molecule has 0 saturated heterocycles. The molecule has 98 valence electrons. The molecule has 0 spiro atoms. The lowest BCUT2D eigenvalue weighted by molar-refractivity contribution is 1.16. The molecule has 0 amide bonds. The Kier molecular flexibility index (Phi) is 7.91. The summed E-state index contributed by atoms with van der Waals surface area (Å²) in [7, 11) is -0.585. The van der Waals surface area contributed by atoms with E-state index in [0.29, 0.717) is 6.04 Å². The first-order valence-electron chi connectivity index (χ1n) is 4.01. The number of hydrogen-bond acceptors (Lipinski definition) is 0. The Labute approximate surface area is 142 Å². The Morgan fingerprint density at radius 2 is 1.00 bits per heavy atom. The van der Waals surface area contributed by atoms with Crippen LogP contribution in [0.4, 0.5) is 0 Å². The fraction of sp³-hybridized carbons (Fsp3) is 1.00. The molecule has 0 unspecified atom stereocenters. The van der Waals surface area contributed by atoms with Crippen LogP contribution in [-0.2, 0) is 0 Å². The van der Waals surface area contributed by atoms with Crippen LogP contribution in [0.2, 0.25) is 16.9 Å². The highest BCUT2D eigenvalue weighted by Gasteiger charge is 2.74. The van der Waals surface area contributed by atoms with E-state index in [2.05, 4.69) is 0 Å². The van der Waals surface area contributed by atoms with Gasteiger partial charge < -0.3 is 0 Å². The van der Waals surface area contributed by atoms with Crippen LogP contribution in [0.5, 0.6) is 0 Å². The third kappa shape index (κ3) is 3.99. The van der Waals surface area contributed by atoms with Crippen molar-refractivity contribution in [1.29, 1.82) is 0 Å². The second kappa shape index (κ2) is 6.50. The summed E-state index contributed by atoms with van der Waals surface area (Å²) in [5.41, 5.74) is 0. The smallest absolute Gasteiger partial charge is 0.126 e. The quantitative estimate of drug-likeness (QED) is 0.370. The maximum absolute atomic E-state index is 6.06. The van der Waals surface area contributed by atoms with Crippen molar-refractivity contribution in [3.8, 4) is 0 Å². The zero-order chi connectivity index (χ0) is 13.4. The third-order valence-electron chi connectivity index (χ3n) is 2.08. The number of rotatable bonds is 5. The zero-order valence-electron chi connectivity index (χ0n) is 7.82. The molecule has 0 saturated carbocycles. The molecule has 0 bridgehead atoms.